The summed E-state index contributed by atoms with van der Waals surface area (Å²) in [4.78, 5) is 10.2. The van der Waals surface area contributed by atoms with Crippen molar-refractivity contribution in [2.24, 2.45) is 0 Å². The molecule has 0 aromatic heterocycles. The molecule has 0 fully saturated rings. The molecule has 2 nitrogen and oxygen atoms in total. The van der Waals surface area contributed by atoms with Gasteiger partial charge in [-0.05, 0) is 12.1 Å². The normalized spacial score (nSPS) is 10.5. The predicted molar refractivity (Wildman–Crippen MR) is 43.2 cm³/mol. The molecule has 82 valence electrons. The van der Waals surface area contributed by atoms with Crippen molar-refractivity contribution in [3.05, 3.63) is 29.3 Å². The Morgan fingerprint density at radius 2 is 1.80 bits per heavy atom. The van der Waals surface area contributed by atoms with E-state index < -0.39 is 30.4 Å². The van der Waals surface area contributed by atoms with Crippen molar-refractivity contribution < 1.29 is 27.1 Å². The predicted octanol–water partition coefficient (Wildman–Crippen LogP) is 2.42. The van der Waals surface area contributed by atoms with Gasteiger partial charge in [-0.2, -0.15) is 0 Å². The topological polar surface area (TPSA) is 26.3 Å². The number of hydrogen-bond acceptors (Lipinski definition) is 2. The molecule has 1 aromatic carbocycles. The highest BCUT2D eigenvalue weighted by Gasteiger charge is 2.14. The number of hydrogen-bond donors (Lipinski definition) is 0. The number of ether oxygens (including phenoxy) is 1. The van der Waals surface area contributed by atoms with E-state index in [0.29, 0.717) is 12.1 Å². The third kappa shape index (κ3) is 2.93. The molecule has 0 unspecified atom stereocenters. The molecule has 0 heterocycles. The van der Waals surface area contributed by atoms with Crippen molar-refractivity contribution in [1.29, 1.82) is 0 Å². The summed E-state index contributed by atoms with van der Waals surface area (Å²) < 4.78 is 53.6. The van der Waals surface area contributed by atoms with Gasteiger partial charge in [0, 0.05) is 5.56 Å². The van der Waals surface area contributed by atoms with Crippen LogP contribution < -0.4 is 4.74 Å². The fourth-order valence-electron chi connectivity index (χ4n) is 0.932. The first kappa shape index (κ1) is 11.5. The number of halogens is 4. The maximum absolute atomic E-state index is 13.0. The molecule has 0 saturated carbocycles. The lowest BCUT2D eigenvalue weighted by Crippen LogP contribution is -2.09. The van der Waals surface area contributed by atoms with Crippen LogP contribution in [0.15, 0.2) is 12.1 Å². The summed E-state index contributed by atoms with van der Waals surface area (Å²) in [5.74, 6) is -3.27. The van der Waals surface area contributed by atoms with Gasteiger partial charge >= 0.3 is 0 Å². The maximum atomic E-state index is 13.0. The van der Waals surface area contributed by atoms with Crippen molar-refractivity contribution in [3.8, 4) is 5.75 Å². The van der Waals surface area contributed by atoms with E-state index in [1.165, 1.54) is 0 Å². The van der Waals surface area contributed by atoms with E-state index >= 15 is 0 Å². The Morgan fingerprint density at radius 1 is 1.27 bits per heavy atom. The minimum atomic E-state index is -2.82. The van der Waals surface area contributed by atoms with E-state index in [9.17, 15) is 22.4 Å². The Bertz CT molecular complexity index is 342. The third-order valence-corrected chi connectivity index (χ3v) is 1.51. The molecule has 1 rings (SSSR count). The van der Waals surface area contributed by atoms with Crippen LogP contribution in [0.5, 0.6) is 5.75 Å². The fraction of sp³-hybridized carbons (Fsp3) is 0.222. The molecule has 0 aliphatic rings. The molecule has 15 heavy (non-hydrogen) atoms. The summed E-state index contributed by atoms with van der Waals surface area (Å²) in [5, 5.41) is 0. The Labute approximate surface area is 82.5 Å². The SMILES string of the molecule is O=Cc1cc(F)c(OCC(F)F)c(F)c1. The Hall–Kier alpha value is -1.59. The molecule has 1 aromatic rings. The van der Waals surface area contributed by atoms with E-state index in [-0.39, 0.29) is 11.8 Å². The zero-order valence-corrected chi connectivity index (χ0v) is 7.34. The zero-order chi connectivity index (χ0) is 11.4. The first-order valence-corrected chi connectivity index (χ1v) is 3.89. The number of aldehydes is 1. The summed E-state index contributed by atoms with van der Waals surface area (Å²) >= 11 is 0. The molecule has 0 bridgehead atoms. The quantitative estimate of drug-likeness (QED) is 0.577. The van der Waals surface area contributed by atoms with Gasteiger partial charge in [0.2, 0.25) is 0 Å². The summed E-state index contributed by atoms with van der Waals surface area (Å²) in [7, 11) is 0. The molecule has 0 amide bonds. The summed E-state index contributed by atoms with van der Waals surface area (Å²) in [6, 6.07) is 1.41. The molecule has 0 radical (unpaired) electrons. The molecular weight excluding hydrogens is 216 g/mol. The van der Waals surface area contributed by atoms with Crippen LogP contribution >= 0.6 is 0 Å². The molecule has 0 atom stereocenters. The lowest BCUT2D eigenvalue weighted by Gasteiger charge is -2.07. The number of carbonyl (C=O) groups is 1. The zero-order valence-electron chi connectivity index (χ0n) is 7.34. The molecular formula is C9H6F4O2. The van der Waals surface area contributed by atoms with Crippen molar-refractivity contribution in [2.45, 2.75) is 6.43 Å². The second-order valence-electron chi connectivity index (χ2n) is 2.63. The smallest absolute Gasteiger partial charge is 0.272 e. The van der Waals surface area contributed by atoms with Crippen LogP contribution in [-0.2, 0) is 0 Å². The number of alkyl halides is 2. The molecule has 0 N–H and O–H groups in total. The van der Waals surface area contributed by atoms with Crippen molar-refractivity contribution in [2.75, 3.05) is 6.61 Å². The van der Waals surface area contributed by atoms with Crippen LogP contribution in [-0.4, -0.2) is 19.3 Å². The lowest BCUT2D eigenvalue weighted by atomic mass is 10.2. The summed E-state index contributed by atoms with van der Waals surface area (Å²) in [6.45, 7) is -1.10. The van der Waals surface area contributed by atoms with E-state index in [4.69, 9.17) is 0 Å². The highest BCUT2D eigenvalue weighted by atomic mass is 19.3. The average Bonchev–Trinajstić information content (AvgIpc) is 2.15. The van der Waals surface area contributed by atoms with Gasteiger partial charge in [-0.25, -0.2) is 17.6 Å². The fourth-order valence-corrected chi connectivity index (χ4v) is 0.932. The van der Waals surface area contributed by atoms with Crippen LogP contribution in [0.1, 0.15) is 10.4 Å². The molecule has 6 heteroatoms. The van der Waals surface area contributed by atoms with Gasteiger partial charge < -0.3 is 4.74 Å². The van der Waals surface area contributed by atoms with Gasteiger partial charge in [-0.1, -0.05) is 0 Å². The highest BCUT2D eigenvalue weighted by molar-refractivity contribution is 5.75. The Kier molecular flexibility index (Phi) is 3.65. The largest absolute Gasteiger partial charge is 0.482 e. The monoisotopic (exact) mass is 222 g/mol. The molecule has 0 aliphatic carbocycles. The standard InChI is InChI=1S/C9H6F4O2/c10-6-1-5(3-14)2-7(11)9(6)15-4-8(12)13/h1-3,8H,4H2. The van der Waals surface area contributed by atoms with Crippen LogP contribution in [0.2, 0.25) is 0 Å². The summed E-state index contributed by atoms with van der Waals surface area (Å²) in [6.07, 6.45) is -2.59. The van der Waals surface area contributed by atoms with Gasteiger partial charge in [0.1, 0.15) is 12.9 Å². The van der Waals surface area contributed by atoms with Gasteiger partial charge in [-0.15, -0.1) is 0 Å². The number of benzene rings is 1. The second-order valence-corrected chi connectivity index (χ2v) is 2.63. The second kappa shape index (κ2) is 4.77. The highest BCUT2D eigenvalue weighted by Crippen LogP contribution is 2.23. The Morgan fingerprint density at radius 3 is 2.20 bits per heavy atom. The molecule has 0 aliphatic heterocycles. The first-order valence-electron chi connectivity index (χ1n) is 3.89. The average molecular weight is 222 g/mol. The van der Waals surface area contributed by atoms with Crippen molar-refractivity contribution >= 4 is 6.29 Å². The minimum Gasteiger partial charge on any atom is -0.482 e. The lowest BCUT2D eigenvalue weighted by molar-refractivity contribution is 0.0776. The summed E-state index contributed by atoms with van der Waals surface area (Å²) in [5.41, 5.74) is -0.227. The molecule has 0 saturated heterocycles. The van der Waals surface area contributed by atoms with E-state index in [1.807, 2.05) is 0 Å². The first-order chi connectivity index (χ1) is 7.04. The minimum absolute atomic E-state index is 0.227. The van der Waals surface area contributed by atoms with Crippen LogP contribution in [0, 0.1) is 11.6 Å². The number of carbonyl (C=O) groups excluding carboxylic acids is 1. The number of rotatable bonds is 4. The van der Waals surface area contributed by atoms with Gasteiger partial charge in [-0.3, -0.25) is 4.79 Å². The van der Waals surface area contributed by atoms with Gasteiger partial charge in [0.15, 0.2) is 17.4 Å². The van der Waals surface area contributed by atoms with Gasteiger partial charge in [0.25, 0.3) is 6.43 Å². The van der Waals surface area contributed by atoms with Gasteiger partial charge in [0.05, 0.1) is 0 Å². The van der Waals surface area contributed by atoms with Crippen LogP contribution in [0.4, 0.5) is 17.6 Å². The van der Waals surface area contributed by atoms with E-state index in [1.54, 1.807) is 0 Å². The van der Waals surface area contributed by atoms with Crippen LogP contribution in [0.3, 0.4) is 0 Å². The third-order valence-electron chi connectivity index (χ3n) is 1.51. The maximum Gasteiger partial charge on any atom is 0.272 e. The van der Waals surface area contributed by atoms with Crippen molar-refractivity contribution in [3.63, 3.8) is 0 Å². The Balaban J connectivity index is 2.93. The molecule has 0 spiro atoms. The van der Waals surface area contributed by atoms with Crippen LogP contribution in [0.25, 0.3) is 0 Å². The van der Waals surface area contributed by atoms with E-state index in [2.05, 4.69) is 4.74 Å². The van der Waals surface area contributed by atoms with E-state index in [0.717, 1.165) is 0 Å². The van der Waals surface area contributed by atoms with Crippen molar-refractivity contribution in [1.82, 2.24) is 0 Å².